The molecule has 0 aliphatic rings. The number of nitrogens with zero attached hydrogens (tertiary/aromatic N) is 1. The fraction of sp³-hybridized carbons (Fsp3) is 0. The Labute approximate surface area is 83.0 Å². The largest absolute Gasteiger partial charge is 0.192 e. The molecule has 0 aliphatic carbocycles. The summed E-state index contributed by atoms with van der Waals surface area (Å²) in [6.45, 7) is 0. The summed E-state index contributed by atoms with van der Waals surface area (Å²) >= 11 is 6.21. The first-order valence-electron chi connectivity index (χ1n) is 1.29. The Morgan fingerprint density at radius 3 is 1.71 bits per heavy atom. The standard InChI is InChI=1S/C3I3N/c4-2(1-7)3(5)6. The average molecular weight is 431 g/mol. The van der Waals surface area contributed by atoms with E-state index in [0.717, 1.165) is 5.17 Å². The van der Waals surface area contributed by atoms with Crippen LogP contribution in [0.2, 0.25) is 0 Å². The SMILES string of the molecule is N#CC(I)=C(I)I. The molecule has 7 heavy (non-hydrogen) atoms. The highest BCUT2D eigenvalue weighted by molar-refractivity contribution is 14.2. The van der Waals surface area contributed by atoms with Gasteiger partial charge in [-0.1, -0.05) is 0 Å². The van der Waals surface area contributed by atoms with Crippen LogP contribution in [0.15, 0.2) is 5.17 Å². The Morgan fingerprint density at radius 2 is 1.71 bits per heavy atom. The minimum Gasteiger partial charge on any atom is -0.192 e. The predicted molar refractivity (Wildman–Crippen MR) is 54.7 cm³/mol. The van der Waals surface area contributed by atoms with E-state index < -0.39 is 0 Å². The van der Waals surface area contributed by atoms with Gasteiger partial charge in [0.2, 0.25) is 0 Å². The van der Waals surface area contributed by atoms with Gasteiger partial charge in [-0.3, -0.25) is 0 Å². The minimum absolute atomic E-state index is 0.763. The van der Waals surface area contributed by atoms with Crippen LogP contribution < -0.4 is 0 Å². The quantitative estimate of drug-likeness (QED) is 0.428. The molecule has 0 spiro atoms. The molecule has 0 aromatic rings. The van der Waals surface area contributed by atoms with E-state index in [1.165, 1.54) is 0 Å². The van der Waals surface area contributed by atoms with Gasteiger partial charge < -0.3 is 0 Å². The number of hydrogen-bond acceptors (Lipinski definition) is 1. The molecule has 0 aromatic heterocycles. The number of hydrogen-bond donors (Lipinski definition) is 0. The van der Waals surface area contributed by atoms with E-state index in [0.29, 0.717) is 0 Å². The Morgan fingerprint density at radius 1 is 1.29 bits per heavy atom. The zero-order valence-corrected chi connectivity index (χ0v) is 9.55. The van der Waals surface area contributed by atoms with E-state index >= 15 is 0 Å². The van der Waals surface area contributed by atoms with E-state index in [9.17, 15) is 0 Å². The van der Waals surface area contributed by atoms with Gasteiger partial charge in [0.15, 0.2) is 0 Å². The van der Waals surface area contributed by atoms with Crippen molar-refractivity contribution in [3.05, 3.63) is 5.17 Å². The molecule has 0 rings (SSSR count). The highest BCUT2D eigenvalue weighted by Gasteiger charge is 1.89. The number of nitriles is 1. The van der Waals surface area contributed by atoms with Crippen molar-refractivity contribution in [3.8, 4) is 6.07 Å². The molecule has 4 heteroatoms. The normalized spacial score (nSPS) is 7.14. The molecule has 0 unspecified atom stereocenters. The van der Waals surface area contributed by atoms with Gasteiger partial charge in [0.1, 0.15) is 9.65 Å². The molecule has 0 saturated heterocycles. The van der Waals surface area contributed by atoms with E-state index in [1.54, 1.807) is 0 Å². The maximum Gasteiger partial charge on any atom is 0.110 e. The molecule has 0 radical (unpaired) electrons. The third-order valence-corrected chi connectivity index (χ3v) is 4.19. The first-order chi connectivity index (χ1) is 3.18. The third kappa shape index (κ3) is 3.96. The first kappa shape index (κ1) is 8.42. The van der Waals surface area contributed by atoms with Gasteiger partial charge in [-0.25, -0.2) is 0 Å². The summed E-state index contributed by atoms with van der Waals surface area (Å²) in [5, 5.41) is 8.18. The van der Waals surface area contributed by atoms with Crippen LogP contribution in [-0.2, 0) is 0 Å². The second-order valence-corrected chi connectivity index (χ2v) is 5.99. The average Bonchev–Trinajstić information content (AvgIpc) is 1.65. The van der Waals surface area contributed by atoms with Crippen molar-refractivity contribution < 1.29 is 0 Å². The predicted octanol–water partition coefficient (Wildman–Crippen LogP) is 2.98. The van der Waals surface area contributed by atoms with Crippen molar-refractivity contribution in [1.29, 1.82) is 5.26 Å². The van der Waals surface area contributed by atoms with Gasteiger partial charge in [-0.05, 0) is 67.8 Å². The molecule has 0 saturated carbocycles. The van der Waals surface area contributed by atoms with Crippen LogP contribution in [0.3, 0.4) is 0 Å². The van der Waals surface area contributed by atoms with Crippen molar-refractivity contribution in [2.24, 2.45) is 0 Å². The minimum atomic E-state index is 0.763. The smallest absolute Gasteiger partial charge is 0.110 e. The molecular weight excluding hydrogens is 431 g/mol. The van der Waals surface area contributed by atoms with Crippen LogP contribution in [0.25, 0.3) is 0 Å². The van der Waals surface area contributed by atoms with Crippen LogP contribution in [0.1, 0.15) is 0 Å². The van der Waals surface area contributed by atoms with E-state index in [2.05, 4.69) is 45.2 Å². The van der Waals surface area contributed by atoms with Gasteiger partial charge in [-0.15, -0.1) is 0 Å². The molecule has 0 N–H and O–H groups in total. The summed E-state index contributed by atoms with van der Waals surface area (Å²) in [5.74, 6) is 0. The zero-order valence-electron chi connectivity index (χ0n) is 3.08. The van der Waals surface area contributed by atoms with Crippen LogP contribution in [-0.4, -0.2) is 0 Å². The Kier molecular flexibility index (Phi) is 5.19. The lowest BCUT2D eigenvalue weighted by Gasteiger charge is -1.77. The van der Waals surface area contributed by atoms with Crippen molar-refractivity contribution in [2.75, 3.05) is 0 Å². The van der Waals surface area contributed by atoms with Gasteiger partial charge in [0, 0.05) is 0 Å². The summed E-state index contributed by atoms with van der Waals surface area (Å²) in [5.41, 5.74) is 0. The molecule has 0 bridgehead atoms. The zero-order chi connectivity index (χ0) is 5.86. The summed E-state index contributed by atoms with van der Waals surface area (Å²) in [4.78, 5) is 0. The van der Waals surface area contributed by atoms with Crippen molar-refractivity contribution in [1.82, 2.24) is 0 Å². The van der Waals surface area contributed by atoms with Crippen LogP contribution >= 0.6 is 67.8 Å². The third-order valence-electron chi connectivity index (χ3n) is 0.264. The fourth-order valence-corrected chi connectivity index (χ4v) is 0.283. The Hall–Kier alpha value is 1.42. The molecule has 0 amide bonds. The van der Waals surface area contributed by atoms with Gasteiger partial charge in [0.25, 0.3) is 0 Å². The Balaban J connectivity index is 4.07. The van der Waals surface area contributed by atoms with E-state index in [-0.39, 0.29) is 0 Å². The second kappa shape index (κ2) is 4.31. The summed E-state index contributed by atoms with van der Waals surface area (Å²) in [7, 11) is 0. The topological polar surface area (TPSA) is 23.8 Å². The molecule has 0 fully saturated rings. The first-order valence-corrected chi connectivity index (χ1v) is 4.53. The second-order valence-electron chi connectivity index (χ2n) is 0.686. The molecular formula is C3I3N. The lowest BCUT2D eigenvalue weighted by molar-refractivity contribution is 1.53. The fourth-order valence-electron chi connectivity index (χ4n) is 0.0423. The van der Waals surface area contributed by atoms with Crippen LogP contribution in [0, 0.1) is 11.3 Å². The molecule has 38 valence electrons. The lowest BCUT2D eigenvalue weighted by Crippen LogP contribution is -1.56. The summed E-state index contributed by atoms with van der Waals surface area (Å²) < 4.78 is 1.79. The van der Waals surface area contributed by atoms with Crippen molar-refractivity contribution in [3.63, 3.8) is 0 Å². The lowest BCUT2D eigenvalue weighted by atomic mass is 10.7. The maximum atomic E-state index is 8.18. The highest BCUT2D eigenvalue weighted by atomic mass is 127. The van der Waals surface area contributed by atoms with Gasteiger partial charge >= 0.3 is 0 Å². The monoisotopic (exact) mass is 431 g/mol. The van der Waals surface area contributed by atoms with Gasteiger partial charge in [-0.2, -0.15) is 5.26 Å². The molecule has 1 nitrogen and oxygen atoms in total. The molecule has 0 aliphatic heterocycles. The Bertz CT molecular complexity index is 128. The van der Waals surface area contributed by atoms with Crippen molar-refractivity contribution >= 4 is 67.8 Å². The van der Waals surface area contributed by atoms with Crippen LogP contribution in [0.5, 0.6) is 0 Å². The maximum absolute atomic E-state index is 8.18. The summed E-state index contributed by atoms with van der Waals surface area (Å²) in [6.07, 6.45) is 0. The van der Waals surface area contributed by atoms with Crippen LogP contribution in [0.4, 0.5) is 0 Å². The number of halogens is 3. The molecule has 0 atom stereocenters. The number of rotatable bonds is 0. The number of allylic oxidation sites excluding steroid dienone is 1. The van der Waals surface area contributed by atoms with Crippen molar-refractivity contribution in [2.45, 2.75) is 0 Å². The van der Waals surface area contributed by atoms with E-state index in [4.69, 9.17) is 5.26 Å². The highest BCUT2D eigenvalue weighted by Crippen LogP contribution is 2.23. The molecule has 0 aromatic carbocycles. The van der Waals surface area contributed by atoms with E-state index in [1.807, 2.05) is 28.7 Å². The van der Waals surface area contributed by atoms with Gasteiger partial charge in [0.05, 0.1) is 1.59 Å². The summed E-state index contributed by atoms with van der Waals surface area (Å²) in [6, 6.07) is 2.02. The molecule has 0 heterocycles.